The van der Waals surface area contributed by atoms with E-state index in [9.17, 15) is 0 Å². The molecule has 1 atom stereocenters. The first-order valence-corrected chi connectivity index (χ1v) is 5.29. The Kier molecular flexibility index (Phi) is 2.75. The number of rotatable bonds is 2. The average Bonchev–Trinajstić information content (AvgIpc) is 2.25. The van der Waals surface area contributed by atoms with Gasteiger partial charge in [-0.3, -0.25) is 0 Å². The summed E-state index contributed by atoms with van der Waals surface area (Å²) in [6.45, 7) is 0. The Labute approximate surface area is 99.0 Å². The third-order valence-electron chi connectivity index (χ3n) is 2.32. The van der Waals surface area contributed by atoms with Crippen LogP contribution in [0.2, 0.25) is 0 Å². The molecule has 0 aromatic heterocycles. The maximum atomic E-state index is 6.29. The maximum absolute atomic E-state index is 6.29. The Morgan fingerprint density at radius 1 is 1.25 bits per heavy atom. The number of hydrogen-bond donors (Lipinski definition) is 3. The summed E-state index contributed by atoms with van der Waals surface area (Å²) in [5, 5.41) is 2.00. The molecule has 1 unspecified atom stereocenters. The Balaban J connectivity index is 2.17. The Hall–Kier alpha value is -1.68. The minimum Gasteiger partial charge on any atom is -0.395 e. The molecule has 16 heavy (non-hydrogen) atoms. The van der Waals surface area contributed by atoms with Gasteiger partial charge in [-0.05, 0) is 5.56 Å². The molecule has 1 aliphatic heterocycles. The van der Waals surface area contributed by atoms with Gasteiger partial charge in [-0.1, -0.05) is 41.9 Å². The maximum Gasteiger partial charge on any atom is 0.212 e. The van der Waals surface area contributed by atoms with E-state index in [1.165, 1.54) is 0 Å². The third kappa shape index (κ3) is 2.28. The lowest BCUT2D eigenvalue weighted by Crippen LogP contribution is -2.44. The van der Waals surface area contributed by atoms with E-state index < -0.39 is 5.12 Å². The van der Waals surface area contributed by atoms with Gasteiger partial charge in [0, 0.05) is 12.6 Å². The fraction of sp³-hybridized carbons (Fsp3) is 0.182. The Morgan fingerprint density at radius 3 is 2.56 bits per heavy atom. The summed E-state index contributed by atoms with van der Waals surface area (Å²) in [6.07, 6.45) is 2.12. The lowest BCUT2D eigenvalue weighted by Gasteiger charge is -2.27. The van der Waals surface area contributed by atoms with Crippen LogP contribution in [0.4, 0.5) is 0 Å². The second-order valence-corrected chi connectivity index (χ2v) is 4.29. The lowest BCUT2D eigenvalue weighted by atomic mass is 10.1. The van der Waals surface area contributed by atoms with Crippen LogP contribution in [-0.2, 0) is 6.42 Å². The molecular formula is C11H13ClN4. The van der Waals surface area contributed by atoms with Crippen LogP contribution in [-0.4, -0.2) is 11.0 Å². The minimum absolute atomic E-state index is 0.268. The molecule has 0 bridgehead atoms. The van der Waals surface area contributed by atoms with Gasteiger partial charge < -0.3 is 16.8 Å². The second kappa shape index (κ2) is 4.06. The van der Waals surface area contributed by atoms with Gasteiger partial charge in [-0.25, -0.2) is 4.99 Å². The highest BCUT2D eigenvalue weighted by Crippen LogP contribution is 2.22. The molecule has 1 aromatic rings. The highest BCUT2D eigenvalue weighted by Gasteiger charge is 2.28. The third-order valence-corrected chi connectivity index (χ3v) is 2.65. The van der Waals surface area contributed by atoms with Gasteiger partial charge in [-0.2, -0.15) is 0 Å². The van der Waals surface area contributed by atoms with Crippen LogP contribution in [0.3, 0.4) is 0 Å². The number of alkyl halides is 1. The molecule has 0 fully saturated rings. The molecule has 0 spiro atoms. The minimum atomic E-state index is -0.936. The summed E-state index contributed by atoms with van der Waals surface area (Å²) < 4.78 is 0. The van der Waals surface area contributed by atoms with Crippen LogP contribution in [0.15, 0.2) is 47.2 Å². The SMILES string of the molecule is NC1=CNC(Cl)(Cc2ccccc2)N=C1N. The molecule has 1 aliphatic rings. The van der Waals surface area contributed by atoms with Gasteiger partial charge in [0.15, 0.2) is 0 Å². The molecule has 5 heteroatoms. The second-order valence-electron chi connectivity index (χ2n) is 3.66. The summed E-state index contributed by atoms with van der Waals surface area (Å²) in [6, 6.07) is 9.83. The van der Waals surface area contributed by atoms with Gasteiger partial charge in [0.1, 0.15) is 5.84 Å². The quantitative estimate of drug-likeness (QED) is 0.527. The summed E-state index contributed by atoms with van der Waals surface area (Å²) in [7, 11) is 0. The van der Waals surface area contributed by atoms with Crippen molar-refractivity contribution >= 4 is 17.4 Å². The standard InChI is InChI=1S/C11H13ClN4/c12-11(6-8-4-2-1-3-5-8)15-7-9(13)10(14)16-11/h1-5,7,15H,6,13H2,(H2,14,16). The van der Waals surface area contributed by atoms with Crippen LogP contribution in [0.1, 0.15) is 5.56 Å². The molecular weight excluding hydrogens is 224 g/mol. The zero-order valence-corrected chi connectivity index (χ0v) is 9.41. The van der Waals surface area contributed by atoms with Crippen LogP contribution >= 0.6 is 11.6 Å². The van der Waals surface area contributed by atoms with E-state index >= 15 is 0 Å². The van der Waals surface area contributed by atoms with E-state index in [1.54, 1.807) is 6.20 Å². The molecule has 0 saturated heterocycles. The number of nitrogens with two attached hydrogens (primary N) is 2. The summed E-state index contributed by atoms with van der Waals surface area (Å²) in [5.41, 5.74) is 12.7. The van der Waals surface area contributed by atoms with Gasteiger partial charge in [0.05, 0.1) is 5.70 Å². The molecule has 0 amide bonds. The number of aliphatic imine (C=N–C) groups is 1. The first-order chi connectivity index (χ1) is 7.59. The average molecular weight is 237 g/mol. The van der Waals surface area contributed by atoms with Gasteiger partial charge in [-0.15, -0.1) is 0 Å². The molecule has 84 valence electrons. The van der Waals surface area contributed by atoms with Crippen molar-refractivity contribution in [3.05, 3.63) is 47.8 Å². The van der Waals surface area contributed by atoms with E-state index in [-0.39, 0.29) is 5.84 Å². The predicted octanol–water partition coefficient (Wildman–Crippen LogP) is 0.882. The molecule has 0 radical (unpaired) electrons. The topological polar surface area (TPSA) is 76.4 Å². The number of hydrogen-bond acceptors (Lipinski definition) is 4. The van der Waals surface area contributed by atoms with Crippen molar-refractivity contribution < 1.29 is 0 Å². The van der Waals surface area contributed by atoms with E-state index in [4.69, 9.17) is 23.1 Å². The fourth-order valence-electron chi connectivity index (χ4n) is 1.51. The normalized spacial score (nSPS) is 24.3. The fourth-order valence-corrected chi connectivity index (χ4v) is 1.81. The van der Waals surface area contributed by atoms with Gasteiger partial charge in [0.25, 0.3) is 0 Å². The monoisotopic (exact) mass is 236 g/mol. The van der Waals surface area contributed by atoms with Crippen LogP contribution in [0, 0.1) is 0 Å². The summed E-state index contributed by atoms with van der Waals surface area (Å²) in [5.74, 6) is 0.268. The number of benzene rings is 1. The lowest BCUT2D eigenvalue weighted by molar-refractivity contribution is 0.530. The van der Waals surface area contributed by atoms with E-state index in [1.807, 2.05) is 30.3 Å². The van der Waals surface area contributed by atoms with Crippen molar-refractivity contribution in [1.82, 2.24) is 5.32 Å². The molecule has 2 rings (SSSR count). The summed E-state index contributed by atoms with van der Waals surface area (Å²) in [4.78, 5) is 4.15. The smallest absolute Gasteiger partial charge is 0.212 e. The number of nitrogens with one attached hydrogen (secondary N) is 1. The van der Waals surface area contributed by atoms with Crippen LogP contribution < -0.4 is 16.8 Å². The summed E-state index contributed by atoms with van der Waals surface area (Å²) >= 11 is 6.29. The van der Waals surface area contributed by atoms with Crippen LogP contribution in [0.25, 0.3) is 0 Å². The van der Waals surface area contributed by atoms with Gasteiger partial charge in [0.2, 0.25) is 5.12 Å². The first-order valence-electron chi connectivity index (χ1n) is 4.91. The van der Waals surface area contributed by atoms with Crippen molar-refractivity contribution in [2.75, 3.05) is 0 Å². The Morgan fingerprint density at radius 2 is 1.94 bits per heavy atom. The van der Waals surface area contributed by atoms with Gasteiger partial charge >= 0.3 is 0 Å². The highest BCUT2D eigenvalue weighted by molar-refractivity contribution is 6.25. The zero-order chi connectivity index (χ0) is 11.6. The van der Waals surface area contributed by atoms with Crippen LogP contribution in [0.5, 0.6) is 0 Å². The molecule has 0 saturated carbocycles. The van der Waals surface area contributed by atoms with Crippen molar-refractivity contribution in [3.8, 4) is 0 Å². The van der Waals surface area contributed by atoms with Crippen molar-refractivity contribution in [2.45, 2.75) is 11.5 Å². The molecule has 1 aromatic carbocycles. The largest absolute Gasteiger partial charge is 0.395 e. The number of amidine groups is 1. The van der Waals surface area contributed by atoms with Crippen molar-refractivity contribution in [2.24, 2.45) is 16.5 Å². The predicted molar refractivity (Wildman–Crippen MR) is 65.8 cm³/mol. The molecule has 4 nitrogen and oxygen atoms in total. The van der Waals surface area contributed by atoms with E-state index in [0.717, 1.165) is 5.56 Å². The molecule has 5 N–H and O–H groups in total. The number of nitrogens with zero attached hydrogens (tertiary/aromatic N) is 1. The first kappa shape index (κ1) is 10.8. The number of halogens is 1. The van der Waals surface area contributed by atoms with E-state index in [0.29, 0.717) is 12.1 Å². The van der Waals surface area contributed by atoms with Crippen molar-refractivity contribution in [1.29, 1.82) is 0 Å². The molecule has 0 aliphatic carbocycles. The van der Waals surface area contributed by atoms with Crippen molar-refractivity contribution in [3.63, 3.8) is 0 Å². The Bertz CT molecular complexity index is 441. The van der Waals surface area contributed by atoms with E-state index in [2.05, 4.69) is 10.3 Å². The zero-order valence-electron chi connectivity index (χ0n) is 8.65. The highest BCUT2D eigenvalue weighted by atomic mass is 35.5. The molecule has 1 heterocycles.